The number of hydrogen-bond acceptors (Lipinski definition) is 7. The number of nitrogens with zero attached hydrogens (tertiary/aromatic N) is 4. The van der Waals surface area contributed by atoms with Crippen molar-refractivity contribution in [2.75, 3.05) is 21.3 Å². The first-order chi connectivity index (χ1) is 19.5. The van der Waals surface area contributed by atoms with Gasteiger partial charge in [-0.1, -0.05) is 53.7 Å². The van der Waals surface area contributed by atoms with E-state index in [0.29, 0.717) is 46.2 Å². The zero-order chi connectivity index (χ0) is 28.2. The van der Waals surface area contributed by atoms with Crippen molar-refractivity contribution < 1.29 is 18.6 Å². The number of benzene rings is 3. The molecule has 7 nitrogen and oxygen atoms in total. The van der Waals surface area contributed by atoms with Gasteiger partial charge >= 0.3 is 0 Å². The lowest BCUT2D eigenvalue weighted by atomic mass is 10.0. The molecule has 0 saturated carbocycles. The van der Waals surface area contributed by atoms with Gasteiger partial charge in [-0.25, -0.2) is 9.37 Å². The minimum absolute atomic E-state index is 0.0916. The molecule has 5 rings (SSSR count). The Kier molecular flexibility index (Phi) is 8.23. The summed E-state index contributed by atoms with van der Waals surface area (Å²) in [7, 11) is 4.73. The SMILES string of the molecule is C=CCn1c(SCc2ccc(F)c(Cl)c2)nnc1-c1cc(-c2cc(OC)c(OC)c(OC)c2)nc2ccccc12. The highest BCUT2D eigenvalue weighted by Gasteiger charge is 2.20. The van der Waals surface area contributed by atoms with Crippen LogP contribution in [0.1, 0.15) is 5.56 Å². The Morgan fingerprint density at radius 3 is 2.40 bits per heavy atom. The topological polar surface area (TPSA) is 71.3 Å². The molecule has 2 aromatic heterocycles. The number of allylic oxidation sites excluding steroid dienone is 1. The Hall–Kier alpha value is -4.08. The van der Waals surface area contributed by atoms with Crippen LogP contribution in [0.15, 0.2) is 78.5 Å². The molecule has 204 valence electrons. The second kappa shape index (κ2) is 12.0. The van der Waals surface area contributed by atoms with Crippen LogP contribution in [0.3, 0.4) is 0 Å². The number of ether oxygens (including phenoxy) is 3. The van der Waals surface area contributed by atoms with Gasteiger partial charge < -0.3 is 14.2 Å². The van der Waals surface area contributed by atoms with E-state index in [2.05, 4.69) is 16.8 Å². The quantitative estimate of drug-likeness (QED) is 0.126. The largest absolute Gasteiger partial charge is 0.493 e. The minimum Gasteiger partial charge on any atom is -0.493 e. The predicted octanol–water partition coefficient (Wildman–Crippen LogP) is 7.46. The monoisotopic (exact) mass is 576 g/mol. The molecular weight excluding hydrogens is 551 g/mol. The standard InChI is InChI=1S/C30H26ClFN4O3S/c1-5-12-36-29(34-35-30(36)40-17-18-10-11-23(32)22(31)13-18)21-16-25(33-24-9-7-6-8-20(21)24)19-14-26(37-2)28(39-4)27(15-19)38-3/h5-11,13-16H,1,12,17H2,2-4H3. The summed E-state index contributed by atoms with van der Waals surface area (Å²) in [6.07, 6.45) is 1.80. The first-order valence-corrected chi connectivity index (χ1v) is 13.6. The van der Waals surface area contributed by atoms with E-state index in [1.54, 1.807) is 39.5 Å². The highest BCUT2D eigenvalue weighted by Crippen LogP contribution is 2.42. The van der Waals surface area contributed by atoms with Crippen molar-refractivity contribution in [1.29, 1.82) is 0 Å². The maximum Gasteiger partial charge on any atom is 0.203 e. The highest BCUT2D eigenvalue weighted by atomic mass is 35.5. The third-order valence-electron chi connectivity index (χ3n) is 6.30. The summed E-state index contributed by atoms with van der Waals surface area (Å²) in [5.74, 6) is 2.34. The van der Waals surface area contributed by atoms with Crippen molar-refractivity contribution in [3.05, 3.63) is 89.7 Å². The van der Waals surface area contributed by atoms with E-state index in [9.17, 15) is 4.39 Å². The molecule has 2 heterocycles. The number of methoxy groups -OCH3 is 3. The Morgan fingerprint density at radius 2 is 1.73 bits per heavy atom. The average molecular weight is 577 g/mol. The van der Waals surface area contributed by atoms with Crippen LogP contribution >= 0.6 is 23.4 Å². The van der Waals surface area contributed by atoms with Gasteiger partial charge in [0, 0.05) is 28.8 Å². The molecule has 0 aliphatic rings. The number of thioether (sulfide) groups is 1. The molecular formula is C30H26ClFN4O3S. The fraction of sp³-hybridized carbons (Fsp3) is 0.167. The van der Waals surface area contributed by atoms with E-state index in [0.717, 1.165) is 27.6 Å². The first kappa shape index (κ1) is 27.5. The maximum atomic E-state index is 13.6. The van der Waals surface area contributed by atoms with Gasteiger partial charge in [-0.15, -0.1) is 16.8 Å². The molecule has 0 spiro atoms. The number of halogens is 2. The van der Waals surface area contributed by atoms with Gasteiger partial charge in [0.25, 0.3) is 0 Å². The number of fused-ring (bicyclic) bond motifs is 1. The van der Waals surface area contributed by atoms with Gasteiger partial charge in [0.15, 0.2) is 22.5 Å². The van der Waals surface area contributed by atoms with Crippen LogP contribution in [0.5, 0.6) is 17.2 Å². The van der Waals surface area contributed by atoms with Crippen LogP contribution in [0, 0.1) is 5.82 Å². The van der Waals surface area contributed by atoms with Crippen molar-refractivity contribution in [1.82, 2.24) is 19.7 Å². The van der Waals surface area contributed by atoms with Crippen molar-refractivity contribution in [2.45, 2.75) is 17.5 Å². The lowest BCUT2D eigenvalue weighted by Gasteiger charge is -2.15. The molecule has 0 aliphatic carbocycles. The summed E-state index contributed by atoms with van der Waals surface area (Å²) in [6.45, 7) is 4.43. The van der Waals surface area contributed by atoms with E-state index in [4.69, 9.17) is 30.8 Å². The molecule has 0 amide bonds. The van der Waals surface area contributed by atoms with Crippen LogP contribution in [-0.4, -0.2) is 41.1 Å². The van der Waals surface area contributed by atoms with Gasteiger partial charge in [0.05, 0.1) is 37.6 Å². The van der Waals surface area contributed by atoms with E-state index < -0.39 is 5.82 Å². The number of hydrogen-bond donors (Lipinski definition) is 0. The Bertz CT molecular complexity index is 1680. The number of aromatic nitrogens is 4. The van der Waals surface area contributed by atoms with Gasteiger partial charge in [0.2, 0.25) is 5.75 Å². The van der Waals surface area contributed by atoms with Crippen LogP contribution < -0.4 is 14.2 Å². The maximum absolute atomic E-state index is 13.6. The number of para-hydroxylation sites is 1. The highest BCUT2D eigenvalue weighted by molar-refractivity contribution is 7.98. The molecule has 0 unspecified atom stereocenters. The lowest BCUT2D eigenvalue weighted by Crippen LogP contribution is -2.02. The van der Waals surface area contributed by atoms with E-state index in [1.165, 1.54) is 17.8 Å². The normalized spacial score (nSPS) is 11.0. The molecule has 0 bridgehead atoms. The molecule has 0 aliphatic heterocycles. The summed E-state index contributed by atoms with van der Waals surface area (Å²) in [5, 5.41) is 10.8. The Morgan fingerprint density at radius 1 is 0.975 bits per heavy atom. The summed E-state index contributed by atoms with van der Waals surface area (Å²) in [6, 6.07) is 18.3. The molecule has 40 heavy (non-hydrogen) atoms. The summed E-state index contributed by atoms with van der Waals surface area (Å²) < 4.78 is 32.3. The third-order valence-corrected chi connectivity index (χ3v) is 7.63. The third kappa shape index (κ3) is 5.35. The van der Waals surface area contributed by atoms with Crippen LogP contribution in [0.4, 0.5) is 4.39 Å². The zero-order valence-corrected chi connectivity index (χ0v) is 23.7. The number of pyridine rings is 1. The molecule has 10 heteroatoms. The van der Waals surface area contributed by atoms with Gasteiger partial charge in [-0.3, -0.25) is 4.57 Å². The van der Waals surface area contributed by atoms with Crippen molar-refractivity contribution >= 4 is 34.3 Å². The van der Waals surface area contributed by atoms with Crippen molar-refractivity contribution in [3.8, 4) is 39.9 Å². The first-order valence-electron chi connectivity index (χ1n) is 12.3. The van der Waals surface area contributed by atoms with E-state index >= 15 is 0 Å². The van der Waals surface area contributed by atoms with E-state index in [-0.39, 0.29) is 5.02 Å². The van der Waals surface area contributed by atoms with Crippen LogP contribution in [0.25, 0.3) is 33.5 Å². The molecule has 0 atom stereocenters. The Labute approximate surface area is 240 Å². The van der Waals surface area contributed by atoms with Crippen LogP contribution in [0.2, 0.25) is 5.02 Å². The molecule has 5 aromatic rings. The van der Waals surface area contributed by atoms with Gasteiger partial charge in [-0.2, -0.15) is 0 Å². The Balaban J connectivity index is 1.62. The predicted molar refractivity (Wildman–Crippen MR) is 157 cm³/mol. The summed E-state index contributed by atoms with van der Waals surface area (Å²) in [5.41, 5.74) is 4.04. The second-order valence-electron chi connectivity index (χ2n) is 8.73. The fourth-order valence-corrected chi connectivity index (χ4v) is 5.50. The smallest absolute Gasteiger partial charge is 0.203 e. The summed E-state index contributed by atoms with van der Waals surface area (Å²) in [4.78, 5) is 4.93. The molecule has 0 N–H and O–H groups in total. The zero-order valence-electron chi connectivity index (χ0n) is 22.1. The molecule has 3 aromatic carbocycles. The molecule has 0 fully saturated rings. The lowest BCUT2D eigenvalue weighted by molar-refractivity contribution is 0.324. The van der Waals surface area contributed by atoms with Crippen molar-refractivity contribution in [2.24, 2.45) is 0 Å². The number of rotatable bonds is 10. The molecule has 0 radical (unpaired) electrons. The van der Waals surface area contributed by atoms with Gasteiger partial charge in [-0.05, 0) is 42.0 Å². The second-order valence-corrected chi connectivity index (χ2v) is 10.1. The fourth-order valence-electron chi connectivity index (χ4n) is 4.40. The van der Waals surface area contributed by atoms with E-state index in [1.807, 2.05) is 47.0 Å². The van der Waals surface area contributed by atoms with Gasteiger partial charge in [0.1, 0.15) is 5.82 Å². The van der Waals surface area contributed by atoms with Crippen molar-refractivity contribution in [3.63, 3.8) is 0 Å². The minimum atomic E-state index is -0.444. The average Bonchev–Trinajstić information content (AvgIpc) is 3.38. The van der Waals surface area contributed by atoms with Crippen LogP contribution in [-0.2, 0) is 12.3 Å². The summed E-state index contributed by atoms with van der Waals surface area (Å²) >= 11 is 7.47. The molecule has 0 saturated heterocycles.